The van der Waals surface area contributed by atoms with Gasteiger partial charge in [-0.05, 0) is 30.2 Å². The van der Waals surface area contributed by atoms with E-state index < -0.39 is 5.60 Å². The Kier molecular flexibility index (Phi) is 4.45. The maximum Gasteiger partial charge on any atom is 0.0924 e. The molecule has 1 saturated carbocycles. The van der Waals surface area contributed by atoms with Gasteiger partial charge in [-0.15, -0.1) is 0 Å². The fourth-order valence-electron chi connectivity index (χ4n) is 3.73. The summed E-state index contributed by atoms with van der Waals surface area (Å²) in [4.78, 5) is 0. The summed E-state index contributed by atoms with van der Waals surface area (Å²) in [5, 5.41) is 11.2. The van der Waals surface area contributed by atoms with Gasteiger partial charge in [0.1, 0.15) is 0 Å². The maximum absolute atomic E-state index is 11.2. The minimum absolute atomic E-state index is 0.434. The van der Waals surface area contributed by atoms with Gasteiger partial charge in [-0.2, -0.15) is 0 Å². The van der Waals surface area contributed by atoms with Gasteiger partial charge in [0.25, 0.3) is 0 Å². The molecule has 1 aliphatic carbocycles. The minimum Gasteiger partial charge on any atom is -0.385 e. The van der Waals surface area contributed by atoms with Gasteiger partial charge in [-0.25, -0.2) is 0 Å². The number of aliphatic hydroxyl groups is 1. The number of rotatable bonds is 4. The Labute approximate surface area is 111 Å². The summed E-state index contributed by atoms with van der Waals surface area (Å²) in [6.07, 6.45) is 7.09. The van der Waals surface area contributed by atoms with Gasteiger partial charge in [0, 0.05) is 0 Å². The summed E-state index contributed by atoms with van der Waals surface area (Å²) >= 11 is 0. The molecule has 1 nitrogen and oxygen atoms in total. The third-order valence-electron chi connectivity index (χ3n) is 4.86. The second-order valence-electron chi connectivity index (χ2n) is 5.70. The van der Waals surface area contributed by atoms with Crippen LogP contribution in [0.15, 0.2) is 30.3 Å². The van der Waals surface area contributed by atoms with E-state index in [4.69, 9.17) is 0 Å². The van der Waals surface area contributed by atoms with Crippen LogP contribution in [-0.4, -0.2) is 5.11 Å². The van der Waals surface area contributed by atoms with Gasteiger partial charge in [0.2, 0.25) is 0 Å². The third-order valence-corrected chi connectivity index (χ3v) is 4.86. The molecule has 3 atom stereocenters. The number of hydrogen-bond acceptors (Lipinski definition) is 1. The van der Waals surface area contributed by atoms with E-state index >= 15 is 0 Å². The zero-order valence-corrected chi connectivity index (χ0v) is 11.7. The zero-order valence-electron chi connectivity index (χ0n) is 11.7. The molecule has 2 rings (SSSR count). The summed E-state index contributed by atoms with van der Waals surface area (Å²) in [7, 11) is 0. The smallest absolute Gasteiger partial charge is 0.0924 e. The molecule has 0 amide bonds. The SMILES string of the molecule is CCC1CCCCC1C(O)(CC)c1ccccc1. The van der Waals surface area contributed by atoms with Crippen LogP contribution in [0.3, 0.4) is 0 Å². The first-order valence-electron chi connectivity index (χ1n) is 7.50. The predicted molar refractivity (Wildman–Crippen MR) is 76.4 cm³/mol. The lowest BCUT2D eigenvalue weighted by molar-refractivity contribution is -0.0673. The summed E-state index contributed by atoms with van der Waals surface area (Å²) in [6.45, 7) is 4.39. The summed E-state index contributed by atoms with van der Waals surface area (Å²) in [5.41, 5.74) is 0.486. The first-order chi connectivity index (χ1) is 8.72. The highest BCUT2D eigenvalue weighted by Crippen LogP contribution is 2.45. The Hall–Kier alpha value is -0.820. The van der Waals surface area contributed by atoms with Crippen molar-refractivity contribution in [2.24, 2.45) is 11.8 Å². The molecule has 0 aliphatic heterocycles. The highest BCUT2D eigenvalue weighted by atomic mass is 16.3. The van der Waals surface area contributed by atoms with Crippen LogP contribution in [0.25, 0.3) is 0 Å². The van der Waals surface area contributed by atoms with Crippen LogP contribution in [0.2, 0.25) is 0 Å². The fraction of sp³-hybridized carbons (Fsp3) is 0.647. The molecule has 0 bridgehead atoms. The van der Waals surface area contributed by atoms with E-state index in [2.05, 4.69) is 26.0 Å². The second-order valence-corrected chi connectivity index (χ2v) is 5.70. The molecule has 0 aromatic heterocycles. The van der Waals surface area contributed by atoms with E-state index in [1.807, 2.05) is 18.2 Å². The molecule has 1 fully saturated rings. The van der Waals surface area contributed by atoms with Crippen molar-refractivity contribution in [1.82, 2.24) is 0 Å². The quantitative estimate of drug-likeness (QED) is 0.829. The van der Waals surface area contributed by atoms with Crippen molar-refractivity contribution in [3.8, 4) is 0 Å². The van der Waals surface area contributed by atoms with Crippen molar-refractivity contribution in [3.63, 3.8) is 0 Å². The van der Waals surface area contributed by atoms with E-state index in [0.29, 0.717) is 11.8 Å². The molecule has 1 aliphatic rings. The molecule has 0 spiro atoms. The largest absolute Gasteiger partial charge is 0.385 e. The lowest BCUT2D eigenvalue weighted by atomic mass is 9.66. The van der Waals surface area contributed by atoms with Crippen molar-refractivity contribution >= 4 is 0 Å². The highest BCUT2D eigenvalue weighted by molar-refractivity contribution is 5.23. The van der Waals surface area contributed by atoms with Crippen LogP contribution in [0.1, 0.15) is 57.9 Å². The second kappa shape index (κ2) is 5.88. The number of hydrogen-bond donors (Lipinski definition) is 1. The van der Waals surface area contributed by atoms with E-state index in [-0.39, 0.29) is 0 Å². The Morgan fingerprint density at radius 1 is 1.11 bits per heavy atom. The first-order valence-corrected chi connectivity index (χ1v) is 7.50. The van der Waals surface area contributed by atoms with Crippen LogP contribution in [-0.2, 0) is 5.60 Å². The van der Waals surface area contributed by atoms with Gasteiger partial charge < -0.3 is 5.11 Å². The maximum atomic E-state index is 11.2. The molecule has 100 valence electrons. The summed E-state index contributed by atoms with van der Waals surface area (Å²) < 4.78 is 0. The van der Waals surface area contributed by atoms with Gasteiger partial charge >= 0.3 is 0 Å². The van der Waals surface area contributed by atoms with Crippen molar-refractivity contribution in [2.45, 2.75) is 58.0 Å². The van der Waals surface area contributed by atoms with Gasteiger partial charge in [0.05, 0.1) is 5.60 Å². The molecular formula is C17H26O. The van der Waals surface area contributed by atoms with Crippen molar-refractivity contribution in [1.29, 1.82) is 0 Å². The molecule has 0 heterocycles. The van der Waals surface area contributed by atoms with Crippen LogP contribution < -0.4 is 0 Å². The molecule has 1 N–H and O–H groups in total. The zero-order chi connectivity index (χ0) is 13.0. The van der Waals surface area contributed by atoms with E-state index in [1.165, 1.54) is 32.1 Å². The van der Waals surface area contributed by atoms with Gasteiger partial charge in [0.15, 0.2) is 0 Å². The molecule has 0 saturated heterocycles. The third kappa shape index (κ3) is 2.47. The molecule has 0 radical (unpaired) electrons. The molecule has 18 heavy (non-hydrogen) atoms. The van der Waals surface area contributed by atoms with Crippen molar-refractivity contribution in [2.75, 3.05) is 0 Å². The van der Waals surface area contributed by atoms with Gasteiger partial charge in [-0.1, -0.05) is 69.9 Å². The first kappa shape index (κ1) is 13.6. The van der Waals surface area contributed by atoms with E-state index in [0.717, 1.165) is 12.0 Å². The Bertz CT molecular complexity index is 359. The van der Waals surface area contributed by atoms with Crippen molar-refractivity contribution in [3.05, 3.63) is 35.9 Å². The minimum atomic E-state index is -0.623. The molecule has 1 aromatic rings. The average molecular weight is 246 g/mol. The average Bonchev–Trinajstić information content (AvgIpc) is 2.47. The van der Waals surface area contributed by atoms with E-state index in [9.17, 15) is 5.11 Å². The lowest BCUT2D eigenvalue weighted by Gasteiger charge is -2.43. The van der Waals surface area contributed by atoms with E-state index in [1.54, 1.807) is 0 Å². The Morgan fingerprint density at radius 2 is 1.78 bits per heavy atom. The van der Waals surface area contributed by atoms with Crippen LogP contribution in [0, 0.1) is 11.8 Å². The van der Waals surface area contributed by atoms with Crippen molar-refractivity contribution < 1.29 is 5.11 Å². The Balaban J connectivity index is 2.30. The van der Waals surface area contributed by atoms with Crippen LogP contribution >= 0.6 is 0 Å². The normalized spacial score (nSPS) is 27.7. The van der Waals surface area contributed by atoms with Crippen LogP contribution in [0.5, 0.6) is 0 Å². The van der Waals surface area contributed by atoms with Crippen LogP contribution in [0.4, 0.5) is 0 Å². The predicted octanol–water partition coefficient (Wildman–Crippen LogP) is 4.50. The fourth-order valence-corrected chi connectivity index (χ4v) is 3.73. The Morgan fingerprint density at radius 3 is 2.39 bits per heavy atom. The molecular weight excluding hydrogens is 220 g/mol. The molecule has 3 unspecified atom stereocenters. The number of benzene rings is 1. The topological polar surface area (TPSA) is 20.2 Å². The van der Waals surface area contributed by atoms with Gasteiger partial charge in [-0.3, -0.25) is 0 Å². The summed E-state index contributed by atoms with van der Waals surface area (Å²) in [5.74, 6) is 1.12. The molecule has 1 aromatic carbocycles. The lowest BCUT2D eigenvalue weighted by Crippen LogP contribution is -2.40. The molecule has 1 heteroatoms. The monoisotopic (exact) mass is 246 g/mol. The standard InChI is InChI=1S/C17H26O/c1-3-14-10-8-9-13-16(14)17(18,4-2)15-11-6-5-7-12-15/h5-7,11-12,14,16,18H,3-4,8-10,13H2,1-2H3. The highest BCUT2D eigenvalue weighted by Gasteiger charge is 2.41. The summed E-state index contributed by atoms with van der Waals surface area (Å²) in [6, 6.07) is 10.3.